The molecular formula is C17H36N4O3. The number of rotatable bonds is 14. The van der Waals surface area contributed by atoms with E-state index in [0.717, 1.165) is 26.0 Å². The van der Waals surface area contributed by atoms with Gasteiger partial charge in [-0.1, -0.05) is 13.3 Å². The van der Waals surface area contributed by atoms with Crippen molar-refractivity contribution in [2.75, 3.05) is 46.1 Å². The van der Waals surface area contributed by atoms with Crippen LogP contribution < -0.4 is 16.0 Å². The molecule has 0 heterocycles. The summed E-state index contributed by atoms with van der Waals surface area (Å²) in [6, 6.07) is 0.169. The molecule has 0 atom stereocenters. The minimum atomic E-state index is 0.0414. The Hall–Kier alpha value is -1.34. The van der Waals surface area contributed by atoms with Crippen LogP contribution in [0.15, 0.2) is 4.99 Å². The maximum Gasteiger partial charge on any atom is 0.221 e. The molecule has 0 rings (SSSR count). The van der Waals surface area contributed by atoms with Gasteiger partial charge in [0.15, 0.2) is 5.96 Å². The molecule has 0 aromatic rings. The second-order valence-corrected chi connectivity index (χ2v) is 5.74. The minimum Gasteiger partial charge on any atom is -0.379 e. The number of aliphatic imine (C=N–C) groups is 1. The van der Waals surface area contributed by atoms with Crippen LogP contribution in [-0.2, 0) is 14.3 Å². The topological polar surface area (TPSA) is 84.0 Å². The van der Waals surface area contributed by atoms with Crippen molar-refractivity contribution >= 4 is 11.9 Å². The van der Waals surface area contributed by atoms with Crippen LogP contribution in [0.2, 0.25) is 0 Å². The summed E-state index contributed by atoms with van der Waals surface area (Å²) < 4.78 is 10.9. The van der Waals surface area contributed by atoms with E-state index in [1.807, 2.05) is 20.8 Å². The molecule has 0 radical (unpaired) electrons. The van der Waals surface area contributed by atoms with Gasteiger partial charge in [-0.3, -0.25) is 9.79 Å². The van der Waals surface area contributed by atoms with Crippen molar-refractivity contribution in [2.45, 2.75) is 53.0 Å². The van der Waals surface area contributed by atoms with Crippen molar-refractivity contribution in [3.63, 3.8) is 0 Å². The molecule has 0 aliphatic rings. The predicted octanol–water partition coefficient (Wildman–Crippen LogP) is 1.29. The normalized spacial score (nSPS) is 11.6. The van der Waals surface area contributed by atoms with Crippen LogP contribution >= 0.6 is 0 Å². The first-order valence-electron chi connectivity index (χ1n) is 9.07. The first-order chi connectivity index (χ1) is 11.6. The van der Waals surface area contributed by atoms with Crippen LogP contribution in [0, 0.1) is 0 Å². The lowest BCUT2D eigenvalue weighted by molar-refractivity contribution is -0.121. The number of hydrogen-bond acceptors (Lipinski definition) is 4. The Balaban J connectivity index is 3.76. The van der Waals surface area contributed by atoms with E-state index in [1.165, 1.54) is 0 Å². The molecule has 7 heteroatoms. The SMILES string of the molecule is CCCCOCCOCCN=C(NCC)NCCC(=O)NC(C)C. The Morgan fingerprint density at radius 3 is 2.38 bits per heavy atom. The second kappa shape index (κ2) is 16.5. The predicted molar refractivity (Wildman–Crippen MR) is 98.4 cm³/mol. The summed E-state index contributed by atoms with van der Waals surface area (Å²) in [5.41, 5.74) is 0. The first-order valence-corrected chi connectivity index (χ1v) is 9.07. The molecule has 0 unspecified atom stereocenters. The lowest BCUT2D eigenvalue weighted by atomic mass is 10.3. The fraction of sp³-hybridized carbons (Fsp3) is 0.882. The van der Waals surface area contributed by atoms with Crippen LogP contribution in [-0.4, -0.2) is 64.0 Å². The number of carbonyl (C=O) groups is 1. The summed E-state index contributed by atoms with van der Waals surface area (Å²) in [7, 11) is 0. The molecule has 0 saturated heterocycles. The standard InChI is InChI=1S/C17H36N4O3/c1-5-7-11-23-13-14-24-12-10-20-17(18-6-2)19-9-8-16(22)21-15(3)4/h15H,5-14H2,1-4H3,(H,21,22)(H2,18,19,20). The van der Waals surface area contributed by atoms with Crippen LogP contribution in [0.4, 0.5) is 0 Å². The van der Waals surface area contributed by atoms with Gasteiger partial charge in [0.25, 0.3) is 0 Å². The van der Waals surface area contributed by atoms with Crippen LogP contribution in [0.3, 0.4) is 0 Å². The number of guanidine groups is 1. The van der Waals surface area contributed by atoms with Crippen molar-refractivity contribution in [1.82, 2.24) is 16.0 Å². The molecule has 3 N–H and O–H groups in total. The molecule has 1 amide bonds. The molecule has 0 aromatic carbocycles. The van der Waals surface area contributed by atoms with Crippen LogP contribution in [0.5, 0.6) is 0 Å². The van der Waals surface area contributed by atoms with Gasteiger partial charge in [-0.25, -0.2) is 0 Å². The Morgan fingerprint density at radius 2 is 1.75 bits per heavy atom. The van der Waals surface area contributed by atoms with E-state index in [9.17, 15) is 4.79 Å². The third-order valence-electron chi connectivity index (χ3n) is 2.96. The molecule has 0 saturated carbocycles. The summed E-state index contributed by atoms with van der Waals surface area (Å²) in [5.74, 6) is 0.748. The van der Waals surface area contributed by atoms with Crippen molar-refractivity contribution in [2.24, 2.45) is 4.99 Å². The number of nitrogens with one attached hydrogen (secondary N) is 3. The number of amides is 1. The molecule has 0 spiro atoms. The molecular weight excluding hydrogens is 308 g/mol. The third kappa shape index (κ3) is 15.6. The highest BCUT2D eigenvalue weighted by atomic mass is 16.5. The highest BCUT2D eigenvalue weighted by molar-refractivity contribution is 5.81. The van der Waals surface area contributed by atoms with Gasteiger partial charge in [0.05, 0.1) is 26.4 Å². The smallest absolute Gasteiger partial charge is 0.221 e. The number of unbranched alkanes of at least 4 members (excludes halogenated alkanes) is 1. The lowest BCUT2D eigenvalue weighted by Crippen LogP contribution is -2.40. The number of hydrogen-bond donors (Lipinski definition) is 3. The summed E-state index contributed by atoms with van der Waals surface area (Å²) >= 11 is 0. The second-order valence-electron chi connectivity index (χ2n) is 5.74. The molecule has 0 aliphatic heterocycles. The van der Waals surface area contributed by atoms with Gasteiger partial charge in [0.2, 0.25) is 5.91 Å². The number of nitrogens with zero attached hydrogens (tertiary/aromatic N) is 1. The summed E-state index contributed by atoms with van der Waals surface area (Å²) in [6.45, 7) is 12.5. The molecule has 142 valence electrons. The van der Waals surface area contributed by atoms with Gasteiger partial charge in [-0.05, 0) is 27.2 Å². The first kappa shape index (κ1) is 22.7. The van der Waals surface area contributed by atoms with E-state index in [4.69, 9.17) is 9.47 Å². The van der Waals surface area contributed by atoms with Gasteiger partial charge >= 0.3 is 0 Å². The van der Waals surface area contributed by atoms with Gasteiger partial charge in [0.1, 0.15) is 0 Å². The largest absolute Gasteiger partial charge is 0.379 e. The average Bonchev–Trinajstić information content (AvgIpc) is 2.52. The molecule has 0 bridgehead atoms. The van der Waals surface area contributed by atoms with Crippen LogP contribution in [0.1, 0.15) is 47.0 Å². The zero-order valence-corrected chi connectivity index (χ0v) is 15.8. The Kier molecular flexibility index (Phi) is 15.6. The summed E-state index contributed by atoms with van der Waals surface area (Å²) in [4.78, 5) is 16.0. The van der Waals surface area contributed by atoms with E-state index < -0.39 is 0 Å². The fourth-order valence-corrected chi connectivity index (χ4v) is 1.82. The summed E-state index contributed by atoms with van der Waals surface area (Å²) in [6.07, 6.45) is 2.67. The lowest BCUT2D eigenvalue weighted by Gasteiger charge is -2.12. The van der Waals surface area contributed by atoms with Gasteiger partial charge in [-0.15, -0.1) is 0 Å². The number of ether oxygens (including phenoxy) is 2. The zero-order valence-electron chi connectivity index (χ0n) is 15.8. The van der Waals surface area contributed by atoms with Gasteiger partial charge in [-0.2, -0.15) is 0 Å². The van der Waals surface area contributed by atoms with E-state index >= 15 is 0 Å². The average molecular weight is 345 g/mol. The van der Waals surface area contributed by atoms with E-state index in [1.54, 1.807) is 0 Å². The minimum absolute atomic E-state index is 0.0414. The Labute approximate surface area is 147 Å². The molecule has 24 heavy (non-hydrogen) atoms. The Morgan fingerprint density at radius 1 is 1.04 bits per heavy atom. The quantitative estimate of drug-likeness (QED) is 0.251. The number of carbonyl (C=O) groups excluding carboxylic acids is 1. The van der Waals surface area contributed by atoms with Crippen molar-refractivity contribution in [3.8, 4) is 0 Å². The molecule has 7 nitrogen and oxygen atoms in total. The summed E-state index contributed by atoms with van der Waals surface area (Å²) in [5, 5.41) is 9.16. The Bertz CT molecular complexity index is 336. The van der Waals surface area contributed by atoms with Crippen LogP contribution in [0.25, 0.3) is 0 Å². The molecule has 0 aliphatic carbocycles. The fourth-order valence-electron chi connectivity index (χ4n) is 1.82. The highest BCUT2D eigenvalue weighted by Gasteiger charge is 2.03. The van der Waals surface area contributed by atoms with Crippen molar-refractivity contribution in [3.05, 3.63) is 0 Å². The van der Waals surface area contributed by atoms with Crippen molar-refractivity contribution in [1.29, 1.82) is 0 Å². The maximum absolute atomic E-state index is 11.6. The van der Waals surface area contributed by atoms with Crippen molar-refractivity contribution < 1.29 is 14.3 Å². The van der Waals surface area contributed by atoms with Gasteiger partial charge < -0.3 is 25.4 Å². The zero-order chi connectivity index (χ0) is 18.0. The van der Waals surface area contributed by atoms with E-state index in [2.05, 4.69) is 27.9 Å². The third-order valence-corrected chi connectivity index (χ3v) is 2.96. The maximum atomic E-state index is 11.6. The molecule has 0 aromatic heterocycles. The van der Waals surface area contributed by atoms with Gasteiger partial charge in [0, 0.05) is 32.2 Å². The van der Waals surface area contributed by atoms with E-state index in [-0.39, 0.29) is 11.9 Å². The monoisotopic (exact) mass is 344 g/mol. The molecule has 0 fully saturated rings. The van der Waals surface area contributed by atoms with E-state index in [0.29, 0.717) is 45.3 Å². The highest BCUT2D eigenvalue weighted by Crippen LogP contribution is 1.88.